The molecule has 1 aliphatic rings. The Morgan fingerprint density at radius 2 is 1.83 bits per heavy atom. The Hall–Kier alpha value is -2.71. The highest BCUT2D eigenvalue weighted by atomic mass is 32.2. The molecule has 152 valence electrons. The molecule has 0 spiro atoms. The van der Waals surface area contributed by atoms with Gasteiger partial charge in [-0.3, -0.25) is 0 Å². The van der Waals surface area contributed by atoms with E-state index in [4.69, 9.17) is 9.26 Å². The molecule has 0 saturated carbocycles. The van der Waals surface area contributed by atoms with Crippen LogP contribution in [0.2, 0.25) is 0 Å². The molecule has 0 unspecified atom stereocenters. The van der Waals surface area contributed by atoms with Crippen LogP contribution in [0.3, 0.4) is 0 Å². The monoisotopic (exact) mass is 413 g/mol. The molecule has 1 saturated heterocycles. The van der Waals surface area contributed by atoms with Crippen LogP contribution in [-0.2, 0) is 10.0 Å². The molecule has 0 bridgehead atoms. The molecule has 2 aromatic carbocycles. The van der Waals surface area contributed by atoms with E-state index in [1.54, 1.807) is 19.2 Å². The second kappa shape index (κ2) is 7.96. The third-order valence-electron chi connectivity index (χ3n) is 5.24. The smallest absolute Gasteiger partial charge is 0.258 e. The number of nitrogens with zero attached hydrogens (tertiary/aromatic N) is 3. The van der Waals surface area contributed by atoms with Crippen LogP contribution in [0.1, 0.15) is 30.1 Å². The molecule has 3 aromatic rings. The van der Waals surface area contributed by atoms with Gasteiger partial charge in [0.2, 0.25) is 10.0 Å². The van der Waals surface area contributed by atoms with Gasteiger partial charge in [0, 0.05) is 24.6 Å². The van der Waals surface area contributed by atoms with Crippen LogP contribution in [0.25, 0.3) is 11.5 Å². The van der Waals surface area contributed by atoms with Gasteiger partial charge in [0.05, 0.1) is 12.0 Å². The van der Waals surface area contributed by atoms with Crippen molar-refractivity contribution in [2.24, 2.45) is 0 Å². The van der Waals surface area contributed by atoms with Gasteiger partial charge in [-0.05, 0) is 50.1 Å². The Bertz CT molecular complexity index is 1090. The van der Waals surface area contributed by atoms with Crippen molar-refractivity contribution in [1.82, 2.24) is 14.4 Å². The second-order valence-electron chi connectivity index (χ2n) is 7.18. The van der Waals surface area contributed by atoms with E-state index in [-0.39, 0.29) is 5.92 Å². The molecule has 0 amide bonds. The predicted octanol–water partition coefficient (Wildman–Crippen LogP) is 3.62. The summed E-state index contributed by atoms with van der Waals surface area (Å²) in [6.45, 7) is 2.81. The van der Waals surface area contributed by atoms with Crippen LogP contribution in [-0.4, -0.2) is 43.1 Å². The van der Waals surface area contributed by atoms with E-state index >= 15 is 0 Å². The molecule has 1 aromatic heterocycles. The standard InChI is InChI=1S/C21H23N3O4S/c1-15-6-8-19(9-7-15)29(25,26)24-12-10-16(11-13-24)20-22-21(28-23-20)17-4-3-5-18(14-17)27-2/h3-9,14,16H,10-13H2,1-2H3. The lowest BCUT2D eigenvalue weighted by Gasteiger charge is -2.29. The van der Waals surface area contributed by atoms with Gasteiger partial charge in [-0.1, -0.05) is 28.9 Å². The predicted molar refractivity (Wildman–Crippen MR) is 108 cm³/mol. The molecule has 2 heterocycles. The first kappa shape index (κ1) is 19.6. The quantitative estimate of drug-likeness (QED) is 0.635. The van der Waals surface area contributed by atoms with Gasteiger partial charge in [-0.25, -0.2) is 8.42 Å². The van der Waals surface area contributed by atoms with Gasteiger partial charge in [0.15, 0.2) is 5.82 Å². The van der Waals surface area contributed by atoms with E-state index in [1.165, 1.54) is 4.31 Å². The zero-order chi connectivity index (χ0) is 20.4. The van der Waals surface area contributed by atoms with Gasteiger partial charge in [0.25, 0.3) is 5.89 Å². The third kappa shape index (κ3) is 4.04. The van der Waals surface area contributed by atoms with Gasteiger partial charge in [0.1, 0.15) is 5.75 Å². The Morgan fingerprint density at radius 3 is 2.52 bits per heavy atom. The van der Waals surface area contributed by atoms with Crippen LogP contribution < -0.4 is 4.74 Å². The maximum Gasteiger partial charge on any atom is 0.258 e. The van der Waals surface area contributed by atoms with Crippen LogP contribution >= 0.6 is 0 Å². The molecule has 29 heavy (non-hydrogen) atoms. The van der Waals surface area contributed by atoms with Crippen LogP contribution in [0.5, 0.6) is 5.75 Å². The molecule has 4 rings (SSSR count). The van der Waals surface area contributed by atoms with Crippen LogP contribution in [0, 0.1) is 6.92 Å². The summed E-state index contributed by atoms with van der Waals surface area (Å²) in [7, 11) is -1.87. The van der Waals surface area contributed by atoms with Crippen molar-refractivity contribution in [1.29, 1.82) is 0 Å². The highest BCUT2D eigenvalue weighted by molar-refractivity contribution is 7.89. The van der Waals surface area contributed by atoms with E-state index in [9.17, 15) is 8.42 Å². The topological polar surface area (TPSA) is 85.5 Å². The van der Waals surface area contributed by atoms with Gasteiger partial charge in [-0.2, -0.15) is 9.29 Å². The normalized spacial score (nSPS) is 16.1. The average Bonchev–Trinajstić information content (AvgIpc) is 3.24. The average molecular weight is 413 g/mol. The summed E-state index contributed by atoms with van der Waals surface area (Å²) in [5.41, 5.74) is 1.83. The first-order chi connectivity index (χ1) is 14.0. The number of piperidine rings is 1. The number of aryl methyl sites for hydroxylation is 1. The SMILES string of the molecule is COc1cccc(-c2nc(C3CCN(S(=O)(=O)c4ccc(C)cc4)CC3)no2)c1. The number of aromatic nitrogens is 2. The van der Waals surface area contributed by atoms with Gasteiger partial charge >= 0.3 is 0 Å². The summed E-state index contributed by atoms with van der Waals surface area (Å²) in [5, 5.41) is 4.13. The van der Waals surface area contributed by atoms with Crippen molar-refractivity contribution < 1.29 is 17.7 Å². The van der Waals surface area contributed by atoms with Crippen molar-refractivity contribution in [2.45, 2.75) is 30.6 Å². The van der Waals surface area contributed by atoms with Gasteiger partial charge < -0.3 is 9.26 Å². The molecular weight excluding hydrogens is 390 g/mol. The van der Waals surface area contributed by atoms with E-state index < -0.39 is 10.0 Å². The minimum Gasteiger partial charge on any atom is -0.497 e. The number of sulfonamides is 1. The molecule has 0 radical (unpaired) electrons. The summed E-state index contributed by atoms with van der Waals surface area (Å²) in [5.74, 6) is 1.85. The highest BCUT2D eigenvalue weighted by Gasteiger charge is 2.31. The molecule has 7 nitrogen and oxygen atoms in total. The largest absolute Gasteiger partial charge is 0.497 e. The lowest BCUT2D eigenvalue weighted by Crippen LogP contribution is -2.38. The summed E-state index contributed by atoms with van der Waals surface area (Å²) in [6.07, 6.45) is 1.31. The maximum atomic E-state index is 12.9. The van der Waals surface area contributed by atoms with Gasteiger partial charge in [-0.15, -0.1) is 0 Å². The third-order valence-corrected chi connectivity index (χ3v) is 7.15. The molecule has 0 aliphatic carbocycles. The summed E-state index contributed by atoms with van der Waals surface area (Å²) >= 11 is 0. The Balaban J connectivity index is 1.45. The summed E-state index contributed by atoms with van der Waals surface area (Å²) in [6, 6.07) is 14.4. The fraction of sp³-hybridized carbons (Fsp3) is 0.333. The minimum absolute atomic E-state index is 0.0718. The van der Waals surface area contributed by atoms with Crippen molar-refractivity contribution in [3.8, 4) is 17.2 Å². The minimum atomic E-state index is -3.47. The lowest BCUT2D eigenvalue weighted by molar-refractivity contribution is 0.307. The number of rotatable bonds is 5. The molecule has 1 fully saturated rings. The molecular formula is C21H23N3O4S. The van der Waals surface area contributed by atoms with Crippen molar-refractivity contribution in [3.63, 3.8) is 0 Å². The Morgan fingerprint density at radius 1 is 1.10 bits per heavy atom. The Kier molecular flexibility index (Phi) is 5.38. The summed E-state index contributed by atoms with van der Waals surface area (Å²) < 4.78 is 37.9. The molecule has 8 heteroatoms. The van der Waals surface area contributed by atoms with Crippen molar-refractivity contribution in [3.05, 3.63) is 59.9 Å². The second-order valence-corrected chi connectivity index (χ2v) is 9.12. The highest BCUT2D eigenvalue weighted by Crippen LogP contribution is 2.31. The number of benzene rings is 2. The van der Waals surface area contributed by atoms with E-state index in [2.05, 4.69) is 10.1 Å². The van der Waals surface area contributed by atoms with Crippen LogP contribution in [0.15, 0.2) is 57.9 Å². The van der Waals surface area contributed by atoms with Crippen molar-refractivity contribution in [2.75, 3.05) is 20.2 Å². The zero-order valence-electron chi connectivity index (χ0n) is 16.4. The summed E-state index contributed by atoms with van der Waals surface area (Å²) in [4.78, 5) is 4.87. The molecule has 1 aliphatic heterocycles. The lowest BCUT2D eigenvalue weighted by atomic mass is 9.97. The molecule has 0 atom stereocenters. The fourth-order valence-electron chi connectivity index (χ4n) is 3.49. The number of hydrogen-bond acceptors (Lipinski definition) is 6. The van der Waals surface area contributed by atoms with E-state index in [0.717, 1.165) is 16.9 Å². The Labute approximate surface area is 170 Å². The first-order valence-corrected chi connectivity index (χ1v) is 11.0. The van der Waals surface area contributed by atoms with E-state index in [0.29, 0.717) is 42.5 Å². The zero-order valence-corrected chi connectivity index (χ0v) is 17.2. The van der Waals surface area contributed by atoms with Crippen LogP contribution in [0.4, 0.5) is 0 Å². The number of ether oxygens (including phenoxy) is 1. The molecule has 0 N–H and O–H groups in total. The number of hydrogen-bond donors (Lipinski definition) is 0. The number of methoxy groups -OCH3 is 1. The first-order valence-electron chi connectivity index (χ1n) is 9.52. The van der Waals surface area contributed by atoms with E-state index in [1.807, 2.05) is 43.3 Å². The van der Waals surface area contributed by atoms with Crippen molar-refractivity contribution >= 4 is 10.0 Å². The maximum absolute atomic E-state index is 12.9. The fourth-order valence-corrected chi connectivity index (χ4v) is 4.96.